The van der Waals surface area contributed by atoms with Crippen molar-refractivity contribution in [3.63, 3.8) is 0 Å². The van der Waals surface area contributed by atoms with Crippen LogP contribution in [0.4, 0.5) is 33.7 Å². The first kappa shape index (κ1) is 24.7. The van der Waals surface area contributed by atoms with Crippen LogP contribution in [-0.4, -0.2) is 97.0 Å². The maximum atomic E-state index is 15.0. The fourth-order valence-electron chi connectivity index (χ4n) is 4.79. The van der Waals surface area contributed by atoms with Crippen molar-refractivity contribution in [1.29, 1.82) is 0 Å². The quantitative estimate of drug-likeness (QED) is 0.358. The highest BCUT2D eigenvalue weighted by molar-refractivity contribution is 5.89. The number of piperidine rings is 1. The maximum Gasteiger partial charge on any atom is 0.408 e. The lowest BCUT2D eigenvalue weighted by molar-refractivity contribution is -0.142. The zero-order valence-electron chi connectivity index (χ0n) is 20.1. The van der Waals surface area contributed by atoms with Crippen molar-refractivity contribution in [2.75, 3.05) is 44.0 Å². The van der Waals surface area contributed by atoms with Crippen LogP contribution in [0.1, 0.15) is 6.42 Å². The van der Waals surface area contributed by atoms with E-state index < -0.39 is 24.7 Å². The van der Waals surface area contributed by atoms with Crippen LogP contribution >= 0.6 is 0 Å². The van der Waals surface area contributed by atoms with Gasteiger partial charge in [-0.2, -0.15) is 18.2 Å². The van der Waals surface area contributed by atoms with Gasteiger partial charge in [0.2, 0.25) is 5.95 Å². The largest absolute Gasteiger partial charge is 0.408 e. The molecule has 11 nitrogen and oxygen atoms in total. The second-order valence-electron chi connectivity index (χ2n) is 9.37. The van der Waals surface area contributed by atoms with Gasteiger partial charge in [0.25, 0.3) is 5.92 Å². The minimum Gasteiger partial charge on any atom is -0.378 e. The molecule has 0 spiro atoms. The van der Waals surface area contributed by atoms with E-state index in [1.54, 1.807) is 30.3 Å². The Bertz CT molecular complexity index is 1480. The average Bonchev–Trinajstić information content (AvgIpc) is 3.42. The topological polar surface area (TPSA) is 110 Å². The van der Waals surface area contributed by atoms with Crippen LogP contribution in [0.5, 0.6) is 0 Å². The summed E-state index contributed by atoms with van der Waals surface area (Å²) in [6.07, 6.45) is -2.68. The van der Waals surface area contributed by atoms with E-state index in [0.717, 1.165) is 0 Å². The van der Waals surface area contributed by atoms with Gasteiger partial charge in [0.15, 0.2) is 11.5 Å². The SMILES string of the molecule is CNc1nc(NC2CCN(C3COC3)CC2(F)F)nn2ccc(-c3ccc4nnn(CC(F)(F)F)c4n3)c12. The Morgan fingerprint density at radius 3 is 2.66 bits per heavy atom. The molecule has 2 aliphatic heterocycles. The zero-order valence-corrected chi connectivity index (χ0v) is 20.1. The van der Waals surface area contributed by atoms with E-state index in [1.165, 1.54) is 10.6 Å². The number of rotatable bonds is 6. The molecule has 0 aliphatic carbocycles. The molecule has 202 valence electrons. The van der Waals surface area contributed by atoms with E-state index in [9.17, 15) is 22.0 Å². The Morgan fingerprint density at radius 2 is 1.97 bits per heavy atom. The van der Waals surface area contributed by atoms with E-state index in [4.69, 9.17) is 4.74 Å². The van der Waals surface area contributed by atoms with Gasteiger partial charge in [-0.3, -0.25) is 4.90 Å². The highest BCUT2D eigenvalue weighted by Gasteiger charge is 2.47. The van der Waals surface area contributed by atoms with Gasteiger partial charge in [-0.15, -0.1) is 10.2 Å². The first-order valence-corrected chi connectivity index (χ1v) is 11.9. The summed E-state index contributed by atoms with van der Waals surface area (Å²) in [5.74, 6) is -2.65. The molecule has 1 unspecified atom stereocenters. The van der Waals surface area contributed by atoms with Crippen LogP contribution in [0.3, 0.4) is 0 Å². The molecule has 2 N–H and O–H groups in total. The predicted molar refractivity (Wildman–Crippen MR) is 126 cm³/mol. The number of alkyl halides is 5. The summed E-state index contributed by atoms with van der Waals surface area (Å²) in [7, 11) is 1.62. The van der Waals surface area contributed by atoms with Gasteiger partial charge in [0.05, 0.1) is 37.5 Å². The van der Waals surface area contributed by atoms with Gasteiger partial charge in [-0.25, -0.2) is 23.0 Å². The predicted octanol–water partition coefficient (Wildman–Crippen LogP) is 2.66. The highest BCUT2D eigenvalue weighted by atomic mass is 19.4. The van der Waals surface area contributed by atoms with Crippen molar-refractivity contribution in [2.45, 2.75) is 37.1 Å². The van der Waals surface area contributed by atoms with Gasteiger partial charge in [0, 0.05) is 25.4 Å². The molecule has 16 heteroatoms. The minimum atomic E-state index is -4.49. The minimum absolute atomic E-state index is 0.0185. The summed E-state index contributed by atoms with van der Waals surface area (Å²) in [6.45, 7) is -0.253. The van der Waals surface area contributed by atoms with Crippen LogP contribution in [0.15, 0.2) is 24.4 Å². The highest BCUT2D eigenvalue weighted by Crippen LogP contribution is 2.33. The second kappa shape index (κ2) is 8.97. The third kappa shape index (κ3) is 4.47. The van der Waals surface area contributed by atoms with Crippen molar-refractivity contribution in [3.05, 3.63) is 24.4 Å². The van der Waals surface area contributed by atoms with Crippen molar-refractivity contribution >= 4 is 28.4 Å². The van der Waals surface area contributed by atoms with E-state index >= 15 is 0 Å². The molecule has 2 saturated heterocycles. The van der Waals surface area contributed by atoms with Crippen LogP contribution in [0.25, 0.3) is 27.9 Å². The van der Waals surface area contributed by atoms with Crippen molar-refractivity contribution in [1.82, 2.24) is 39.5 Å². The lowest BCUT2D eigenvalue weighted by Crippen LogP contribution is -2.61. The summed E-state index contributed by atoms with van der Waals surface area (Å²) in [5, 5.41) is 17.4. The van der Waals surface area contributed by atoms with Crippen LogP contribution in [0, 0.1) is 0 Å². The van der Waals surface area contributed by atoms with E-state index in [0.29, 0.717) is 47.0 Å². The number of aromatic nitrogens is 7. The fraction of sp³-hybridized carbons (Fsp3) is 0.500. The Balaban J connectivity index is 1.30. The van der Waals surface area contributed by atoms with E-state index in [2.05, 4.69) is 36.0 Å². The molecule has 2 aliphatic rings. The standard InChI is InChI=1S/C22H23F5N10O/c1-28-18-17-13(14-2-3-15-19(29-14)37(34-32-15)11-22(25,26)27)4-7-36(17)33-20(31-18)30-16-5-6-35(10-21(16,23)24)12-8-38-9-12/h2-4,7,12,16H,5-6,8-11H2,1H3,(H2,28,30,31,33). The Morgan fingerprint density at radius 1 is 1.16 bits per heavy atom. The van der Waals surface area contributed by atoms with Crippen molar-refractivity contribution in [2.24, 2.45) is 0 Å². The van der Waals surface area contributed by atoms with E-state index in [-0.39, 0.29) is 36.1 Å². The Kier molecular flexibility index (Phi) is 5.82. The molecule has 4 aromatic rings. The number of hydrogen-bond acceptors (Lipinski definition) is 9. The fourth-order valence-corrected chi connectivity index (χ4v) is 4.79. The lowest BCUT2D eigenvalue weighted by Gasteiger charge is -2.44. The normalized spacial score (nSPS) is 20.6. The molecule has 6 rings (SSSR count). The smallest absolute Gasteiger partial charge is 0.378 e. The van der Waals surface area contributed by atoms with Gasteiger partial charge in [-0.05, 0) is 24.6 Å². The average molecular weight is 538 g/mol. The molecule has 4 aromatic heterocycles. The number of anilines is 2. The zero-order chi connectivity index (χ0) is 26.7. The molecule has 0 bridgehead atoms. The van der Waals surface area contributed by atoms with Crippen LogP contribution < -0.4 is 10.6 Å². The molecule has 6 heterocycles. The molecular weight excluding hydrogens is 515 g/mol. The lowest BCUT2D eigenvalue weighted by atomic mass is 9.98. The molecule has 2 fully saturated rings. The second-order valence-corrected chi connectivity index (χ2v) is 9.37. The number of pyridine rings is 1. The number of nitrogens with zero attached hydrogens (tertiary/aromatic N) is 8. The molecule has 0 aromatic carbocycles. The number of likely N-dealkylation sites (tertiary alicyclic amines) is 1. The van der Waals surface area contributed by atoms with Crippen LogP contribution in [-0.2, 0) is 11.3 Å². The Hall–Kier alpha value is -3.66. The molecule has 0 saturated carbocycles. The first-order chi connectivity index (χ1) is 18.1. The molecular formula is C22H23F5N10O. The first-order valence-electron chi connectivity index (χ1n) is 11.9. The number of halogens is 5. The number of hydrogen-bond donors (Lipinski definition) is 2. The third-order valence-electron chi connectivity index (χ3n) is 6.78. The summed E-state index contributed by atoms with van der Waals surface area (Å²) < 4.78 is 76.1. The van der Waals surface area contributed by atoms with Crippen molar-refractivity contribution in [3.8, 4) is 11.3 Å². The number of ether oxygens (including phenoxy) is 1. The number of fused-ring (bicyclic) bond motifs is 2. The monoisotopic (exact) mass is 538 g/mol. The maximum absolute atomic E-state index is 15.0. The molecule has 0 amide bonds. The van der Waals surface area contributed by atoms with Gasteiger partial charge >= 0.3 is 6.18 Å². The molecule has 1 atom stereocenters. The summed E-state index contributed by atoms with van der Waals surface area (Å²) in [5.41, 5.74) is 1.56. The number of nitrogens with one attached hydrogen (secondary N) is 2. The van der Waals surface area contributed by atoms with Gasteiger partial charge in [-0.1, -0.05) is 5.21 Å². The summed E-state index contributed by atoms with van der Waals surface area (Å²) in [4.78, 5) is 10.5. The molecule has 0 radical (unpaired) electrons. The summed E-state index contributed by atoms with van der Waals surface area (Å²) >= 11 is 0. The third-order valence-corrected chi connectivity index (χ3v) is 6.78. The van der Waals surface area contributed by atoms with E-state index in [1.807, 2.05) is 0 Å². The van der Waals surface area contributed by atoms with Crippen molar-refractivity contribution < 1.29 is 26.7 Å². The van der Waals surface area contributed by atoms with Gasteiger partial charge in [0.1, 0.15) is 17.6 Å². The Labute approximate surface area is 212 Å². The van der Waals surface area contributed by atoms with Crippen LogP contribution in [0.2, 0.25) is 0 Å². The summed E-state index contributed by atoms with van der Waals surface area (Å²) in [6, 6.07) is 3.69. The molecule has 38 heavy (non-hydrogen) atoms. The van der Waals surface area contributed by atoms with Gasteiger partial charge < -0.3 is 15.4 Å².